The summed E-state index contributed by atoms with van der Waals surface area (Å²) in [5.74, 6) is -0.718. The number of carbonyl (C=O) groups excluding carboxylic acids is 1. The molecule has 2 rings (SSSR count). The minimum atomic E-state index is -3.05. The van der Waals surface area contributed by atoms with Gasteiger partial charge < -0.3 is 5.32 Å². The summed E-state index contributed by atoms with van der Waals surface area (Å²) in [5.41, 5.74) is 2.46. The van der Waals surface area contributed by atoms with Crippen LogP contribution in [-0.2, 0) is 14.6 Å². The van der Waals surface area contributed by atoms with E-state index in [0.717, 1.165) is 11.1 Å². The third-order valence-corrected chi connectivity index (χ3v) is 5.35. The van der Waals surface area contributed by atoms with Crippen molar-refractivity contribution in [1.82, 2.24) is 0 Å². The van der Waals surface area contributed by atoms with E-state index in [2.05, 4.69) is 5.32 Å². The molecule has 1 atom stereocenters. The molecule has 104 valence electrons. The van der Waals surface area contributed by atoms with E-state index >= 15 is 0 Å². The molecule has 0 bridgehead atoms. The zero-order valence-electron chi connectivity index (χ0n) is 10.9. The molecule has 0 unspecified atom stereocenters. The summed E-state index contributed by atoms with van der Waals surface area (Å²) in [7, 11) is -3.05. The van der Waals surface area contributed by atoms with Gasteiger partial charge in [-0.05, 0) is 37.5 Å². The van der Waals surface area contributed by atoms with E-state index in [1.54, 1.807) is 6.07 Å². The van der Waals surface area contributed by atoms with Gasteiger partial charge in [-0.2, -0.15) is 0 Å². The van der Waals surface area contributed by atoms with Crippen LogP contribution in [0, 0.1) is 19.8 Å². The zero-order valence-corrected chi connectivity index (χ0v) is 12.4. The van der Waals surface area contributed by atoms with Gasteiger partial charge in [0.25, 0.3) is 0 Å². The minimum absolute atomic E-state index is 0.0681. The first kappa shape index (κ1) is 14.3. The summed E-state index contributed by atoms with van der Waals surface area (Å²) in [4.78, 5) is 12.1. The third-order valence-electron chi connectivity index (χ3n) is 3.28. The van der Waals surface area contributed by atoms with Crippen LogP contribution < -0.4 is 5.32 Å². The second-order valence-electron chi connectivity index (χ2n) is 5.03. The Morgan fingerprint density at radius 2 is 2.05 bits per heavy atom. The lowest BCUT2D eigenvalue weighted by Crippen LogP contribution is -2.24. The summed E-state index contributed by atoms with van der Waals surface area (Å²) in [6.07, 6.45) is 0.386. The van der Waals surface area contributed by atoms with Crippen LogP contribution >= 0.6 is 11.6 Å². The van der Waals surface area contributed by atoms with Crippen molar-refractivity contribution < 1.29 is 13.2 Å². The summed E-state index contributed by atoms with van der Waals surface area (Å²) in [5, 5.41) is 3.23. The number of aryl methyl sites for hydroxylation is 2. The topological polar surface area (TPSA) is 63.2 Å². The van der Waals surface area contributed by atoms with Crippen LogP contribution in [0.1, 0.15) is 17.5 Å². The molecule has 0 spiro atoms. The first-order chi connectivity index (χ1) is 8.78. The molecule has 1 aliphatic heterocycles. The third kappa shape index (κ3) is 3.28. The fraction of sp³-hybridized carbons (Fsp3) is 0.462. The second kappa shape index (κ2) is 5.13. The molecule has 19 heavy (non-hydrogen) atoms. The average Bonchev–Trinajstić information content (AvgIpc) is 2.64. The SMILES string of the molecule is Cc1cc(C)c(NC(=O)[C@H]2CCS(=O)(=O)C2)c(Cl)c1. The number of amides is 1. The van der Waals surface area contributed by atoms with E-state index in [1.807, 2.05) is 19.9 Å². The Bertz CT molecular complexity index is 602. The monoisotopic (exact) mass is 301 g/mol. The van der Waals surface area contributed by atoms with Crippen molar-refractivity contribution in [1.29, 1.82) is 0 Å². The summed E-state index contributed by atoms with van der Waals surface area (Å²) < 4.78 is 22.7. The Labute approximate surface area is 118 Å². The minimum Gasteiger partial charge on any atom is -0.324 e. The van der Waals surface area contributed by atoms with Crippen molar-refractivity contribution in [3.8, 4) is 0 Å². The van der Waals surface area contributed by atoms with Gasteiger partial charge in [0.05, 0.1) is 28.1 Å². The maximum atomic E-state index is 12.1. The van der Waals surface area contributed by atoms with Crippen molar-refractivity contribution in [3.63, 3.8) is 0 Å². The van der Waals surface area contributed by atoms with Crippen LogP contribution in [0.4, 0.5) is 5.69 Å². The van der Waals surface area contributed by atoms with Gasteiger partial charge in [-0.15, -0.1) is 0 Å². The standard InChI is InChI=1S/C13H16ClNO3S/c1-8-5-9(2)12(11(14)6-8)15-13(16)10-3-4-19(17,18)7-10/h5-6,10H,3-4,7H2,1-2H3,(H,15,16)/t10-/m0/s1. The zero-order chi connectivity index (χ0) is 14.2. The van der Waals surface area contributed by atoms with E-state index in [9.17, 15) is 13.2 Å². The first-order valence-corrected chi connectivity index (χ1v) is 8.26. The molecule has 1 fully saturated rings. The summed E-state index contributed by atoms with van der Waals surface area (Å²) in [6, 6.07) is 3.70. The van der Waals surface area contributed by atoms with Crippen molar-refractivity contribution in [2.24, 2.45) is 5.92 Å². The predicted molar refractivity (Wildman–Crippen MR) is 76.3 cm³/mol. The van der Waals surface area contributed by atoms with E-state index in [-0.39, 0.29) is 17.4 Å². The molecule has 1 aromatic carbocycles. The maximum Gasteiger partial charge on any atom is 0.228 e. The molecule has 1 aromatic rings. The Morgan fingerprint density at radius 1 is 1.37 bits per heavy atom. The smallest absolute Gasteiger partial charge is 0.228 e. The number of anilines is 1. The van der Waals surface area contributed by atoms with Gasteiger partial charge in [0, 0.05) is 0 Å². The van der Waals surface area contributed by atoms with Crippen LogP contribution in [0.2, 0.25) is 5.02 Å². The normalized spacial score (nSPS) is 21.3. The molecule has 1 aliphatic rings. The molecular weight excluding hydrogens is 286 g/mol. The quantitative estimate of drug-likeness (QED) is 0.912. The lowest BCUT2D eigenvalue weighted by molar-refractivity contribution is -0.119. The van der Waals surface area contributed by atoms with Crippen molar-refractivity contribution in [3.05, 3.63) is 28.3 Å². The molecule has 0 aliphatic carbocycles. The van der Waals surface area contributed by atoms with Crippen molar-refractivity contribution in [2.45, 2.75) is 20.3 Å². The van der Waals surface area contributed by atoms with E-state index in [1.165, 1.54) is 0 Å². The van der Waals surface area contributed by atoms with Crippen LogP contribution in [0.5, 0.6) is 0 Å². The molecule has 0 radical (unpaired) electrons. The van der Waals surface area contributed by atoms with Gasteiger partial charge in [0.2, 0.25) is 5.91 Å². The van der Waals surface area contributed by atoms with Crippen LogP contribution in [-0.4, -0.2) is 25.8 Å². The number of halogens is 1. The highest BCUT2D eigenvalue weighted by molar-refractivity contribution is 7.91. The predicted octanol–water partition coefficient (Wildman–Crippen LogP) is 2.33. The molecule has 1 saturated heterocycles. The van der Waals surface area contributed by atoms with Crippen LogP contribution in [0.3, 0.4) is 0 Å². The summed E-state index contributed by atoms with van der Waals surface area (Å²) in [6.45, 7) is 3.79. The fourth-order valence-corrected chi connectivity index (χ4v) is 4.41. The van der Waals surface area contributed by atoms with Gasteiger partial charge in [-0.1, -0.05) is 17.7 Å². The number of sulfone groups is 1. The Balaban J connectivity index is 2.16. The highest BCUT2D eigenvalue weighted by Crippen LogP contribution is 2.29. The highest BCUT2D eigenvalue weighted by atomic mass is 35.5. The molecule has 6 heteroatoms. The lowest BCUT2D eigenvalue weighted by Gasteiger charge is -2.14. The maximum absolute atomic E-state index is 12.1. The number of benzene rings is 1. The van der Waals surface area contributed by atoms with E-state index in [0.29, 0.717) is 17.1 Å². The van der Waals surface area contributed by atoms with Gasteiger partial charge in [-0.25, -0.2) is 8.42 Å². The number of hydrogen-bond acceptors (Lipinski definition) is 3. The van der Waals surface area contributed by atoms with E-state index in [4.69, 9.17) is 11.6 Å². The lowest BCUT2D eigenvalue weighted by atomic mass is 10.1. The number of rotatable bonds is 2. The number of hydrogen-bond donors (Lipinski definition) is 1. The Kier molecular flexibility index (Phi) is 3.87. The first-order valence-electron chi connectivity index (χ1n) is 6.06. The Hall–Kier alpha value is -1.07. The van der Waals surface area contributed by atoms with Gasteiger partial charge >= 0.3 is 0 Å². The fourth-order valence-electron chi connectivity index (χ4n) is 2.30. The molecular formula is C13H16ClNO3S. The second-order valence-corrected chi connectivity index (χ2v) is 7.66. The number of nitrogens with one attached hydrogen (secondary N) is 1. The molecule has 1 amide bonds. The largest absolute Gasteiger partial charge is 0.324 e. The molecule has 4 nitrogen and oxygen atoms in total. The number of carbonyl (C=O) groups is 1. The van der Waals surface area contributed by atoms with Crippen LogP contribution in [0.25, 0.3) is 0 Å². The van der Waals surface area contributed by atoms with Gasteiger partial charge in [-0.3, -0.25) is 4.79 Å². The van der Waals surface area contributed by atoms with Crippen LogP contribution in [0.15, 0.2) is 12.1 Å². The Morgan fingerprint density at radius 3 is 2.58 bits per heavy atom. The highest BCUT2D eigenvalue weighted by Gasteiger charge is 2.33. The molecule has 0 saturated carbocycles. The van der Waals surface area contributed by atoms with Crippen molar-refractivity contribution in [2.75, 3.05) is 16.8 Å². The summed E-state index contributed by atoms with van der Waals surface area (Å²) >= 11 is 6.11. The van der Waals surface area contributed by atoms with Gasteiger partial charge in [0.15, 0.2) is 9.84 Å². The molecule has 1 heterocycles. The molecule has 0 aromatic heterocycles. The van der Waals surface area contributed by atoms with Crippen molar-refractivity contribution >= 4 is 33.0 Å². The van der Waals surface area contributed by atoms with E-state index < -0.39 is 15.8 Å². The average molecular weight is 302 g/mol. The molecule has 1 N–H and O–H groups in total. The van der Waals surface area contributed by atoms with Gasteiger partial charge in [0.1, 0.15) is 0 Å².